The van der Waals surface area contributed by atoms with Crippen molar-refractivity contribution < 1.29 is 0 Å². The lowest BCUT2D eigenvalue weighted by Crippen LogP contribution is -2.24. The first-order chi connectivity index (χ1) is 7.17. The molecule has 1 rings (SSSR count). The van der Waals surface area contributed by atoms with Crippen molar-refractivity contribution in [2.75, 3.05) is 30.9 Å². The fourth-order valence-electron chi connectivity index (χ4n) is 1.24. The standard InChI is InChI=1S/C10H15N5/c1-8(5-11)6-15(3)10-4-9(12-2)13-7-14-10/h4,7-8H,6H2,1-3H3,(H,12,13,14). The highest BCUT2D eigenvalue weighted by atomic mass is 15.2. The van der Waals surface area contributed by atoms with Crippen LogP contribution in [-0.2, 0) is 0 Å². The smallest absolute Gasteiger partial charge is 0.133 e. The Kier molecular flexibility index (Phi) is 3.86. The molecule has 0 aromatic carbocycles. The van der Waals surface area contributed by atoms with Gasteiger partial charge in [0.15, 0.2) is 0 Å². The van der Waals surface area contributed by atoms with Crippen LogP contribution in [0.4, 0.5) is 11.6 Å². The van der Waals surface area contributed by atoms with E-state index in [2.05, 4.69) is 21.4 Å². The van der Waals surface area contributed by atoms with Crippen LogP contribution < -0.4 is 10.2 Å². The van der Waals surface area contributed by atoms with Crippen LogP contribution in [0.5, 0.6) is 0 Å². The van der Waals surface area contributed by atoms with Crippen molar-refractivity contribution in [1.29, 1.82) is 5.26 Å². The van der Waals surface area contributed by atoms with Crippen molar-refractivity contribution in [2.45, 2.75) is 6.92 Å². The van der Waals surface area contributed by atoms with Crippen LogP contribution in [0.1, 0.15) is 6.92 Å². The number of nitriles is 1. The molecule has 0 radical (unpaired) electrons. The summed E-state index contributed by atoms with van der Waals surface area (Å²) < 4.78 is 0. The molecule has 1 unspecified atom stereocenters. The summed E-state index contributed by atoms with van der Waals surface area (Å²) >= 11 is 0. The number of hydrogen-bond acceptors (Lipinski definition) is 5. The highest BCUT2D eigenvalue weighted by Gasteiger charge is 2.07. The van der Waals surface area contributed by atoms with Gasteiger partial charge in [-0.25, -0.2) is 9.97 Å². The highest BCUT2D eigenvalue weighted by molar-refractivity contribution is 5.47. The van der Waals surface area contributed by atoms with Gasteiger partial charge in [-0.05, 0) is 6.92 Å². The molecule has 0 aliphatic carbocycles. The molecule has 5 heteroatoms. The van der Waals surface area contributed by atoms with Gasteiger partial charge in [0.1, 0.15) is 18.0 Å². The molecular formula is C10H15N5. The second kappa shape index (κ2) is 5.15. The Bertz CT molecular complexity index is 357. The lowest BCUT2D eigenvalue weighted by Gasteiger charge is -2.19. The Hall–Kier alpha value is -1.83. The van der Waals surface area contributed by atoms with Crippen LogP contribution in [0.15, 0.2) is 12.4 Å². The Morgan fingerprint density at radius 1 is 1.60 bits per heavy atom. The number of nitrogens with one attached hydrogen (secondary N) is 1. The maximum absolute atomic E-state index is 8.71. The van der Waals surface area contributed by atoms with Crippen molar-refractivity contribution >= 4 is 11.6 Å². The fourth-order valence-corrected chi connectivity index (χ4v) is 1.24. The minimum Gasteiger partial charge on any atom is -0.373 e. The van der Waals surface area contributed by atoms with Crippen molar-refractivity contribution in [1.82, 2.24) is 9.97 Å². The molecular weight excluding hydrogens is 190 g/mol. The minimum absolute atomic E-state index is 0.0111. The van der Waals surface area contributed by atoms with Crippen LogP contribution >= 0.6 is 0 Å². The third-order valence-electron chi connectivity index (χ3n) is 2.07. The summed E-state index contributed by atoms with van der Waals surface area (Å²) in [5.74, 6) is 1.58. The highest BCUT2D eigenvalue weighted by Crippen LogP contribution is 2.13. The first-order valence-electron chi connectivity index (χ1n) is 4.78. The van der Waals surface area contributed by atoms with Crippen LogP contribution in [0.3, 0.4) is 0 Å². The number of anilines is 2. The Labute approximate surface area is 89.8 Å². The fraction of sp³-hybridized carbons (Fsp3) is 0.500. The summed E-state index contributed by atoms with van der Waals surface area (Å²) in [6.07, 6.45) is 1.51. The van der Waals surface area contributed by atoms with E-state index in [4.69, 9.17) is 5.26 Å². The van der Waals surface area contributed by atoms with Crippen LogP contribution in [-0.4, -0.2) is 30.6 Å². The Balaban J connectivity index is 2.73. The second-order valence-electron chi connectivity index (χ2n) is 3.42. The molecule has 80 valence electrons. The molecule has 15 heavy (non-hydrogen) atoms. The summed E-state index contributed by atoms with van der Waals surface area (Å²) in [4.78, 5) is 10.1. The first kappa shape index (κ1) is 11.2. The average Bonchev–Trinajstić information content (AvgIpc) is 2.28. The van der Waals surface area contributed by atoms with E-state index in [-0.39, 0.29) is 5.92 Å². The molecule has 0 bridgehead atoms. The van der Waals surface area contributed by atoms with Crippen LogP contribution in [0.25, 0.3) is 0 Å². The molecule has 1 aromatic rings. The summed E-state index contributed by atoms with van der Waals surface area (Å²) in [6, 6.07) is 4.04. The molecule has 1 atom stereocenters. The Morgan fingerprint density at radius 2 is 2.33 bits per heavy atom. The molecule has 0 amide bonds. The first-order valence-corrected chi connectivity index (χ1v) is 4.78. The topological polar surface area (TPSA) is 64.8 Å². The molecule has 0 saturated heterocycles. The molecule has 5 nitrogen and oxygen atoms in total. The minimum atomic E-state index is -0.0111. The van der Waals surface area contributed by atoms with E-state index in [0.717, 1.165) is 11.6 Å². The van der Waals surface area contributed by atoms with Gasteiger partial charge in [-0.15, -0.1) is 0 Å². The number of hydrogen-bond donors (Lipinski definition) is 1. The van der Waals surface area contributed by atoms with Gasteiger partial charge in [0.25, 0.3) is 0 Å². The molecule has 0 fully saturated rings. The lowest BCUT2D eigenvalue weighted by molar-refractivity contribution is 0.709. The van der Waals surface area contributed by atoms with Crippen LogP contribution in [0, 0.1) is 17.2 Å². The van der Waals surface area contributed by atoms with E-state index in [1.54, 1.807) is 0 Å². The number of aromatic nitrogens is 2. The molecule has 0 saturated carbocycles. The van der Waals surface area contributed by atoms with Gasteiger partial charge in [-0.3, -0.25) is 0 Å². The normalized spacial score (nSPS) is 11.6. The SMILES string of the molecule is CNc1cc(N(C)CC(C)C#N)ncn1. The molecule has 1 aromatic heterocycles. The molecule has 1 heterocycles. The molecule has 0 aliphatic heterocycles. The zero-order valence-corrected chi connectivity index (χ0v) is 9.23. The van der Waals surface area contributed by atoms with Gasteiger partial charge in [-0.2, -0.15) is 5.26 Å². The third-order valence-corrected chi connectivity index (χ3v) is 2.07. The molecule has 1 N–H and O–H groups in total. The van der Waals surface area contributed by atoms with Gasteiger partial charge in [0.2, 0.25) is 0 Å². The van der Waals surface area contributed by atoms with E-state index in [1.807, 2.05) is 32.0 Å². The van der Waals surface area contributed by atoms with Crippen molar-refractivity contribution in [3.05, 3.63) is 12.4 Å². The van der Waals surface area contributed by atoms with Crippen molar-refractivity contribution in [2.24, 2.45) is 5.92 Å². The Morgan fingerprint density at radius 3 is 2.93 bits per heavy atom. The van der Waals surface area contributed by atoms with Gasteiger partial charge in [0.05, 0.1) is 12.0 Å². The van der Waals surface area contributed by atoms with E-state index in [0.29, 0.717) is 6.54 Å². The predicted octanol–water partition coefficient (Wildman–Crippen LogP) is 1.11. The van der Waals surface area contributed by atoms with E-state index >= 15 is 0 Å². The number of nitrogens with zero attached hydrogens (tertiary/aromatic N) is 4. The maximum Gasteiger partial charge on any atom is 0.133 e. The van der Waals surface area contributed by atoms with Crippen molar-refractivity contribution in [3.63, 3.8) is 0 Å². The maximum atomic E-state index is 8.71. The van der Waals surface area contributed by atoms with E-state index < -0.39 is 0 Å². The quantitative estimate of drug-likeness (QED) is 0.797. The second-order valence-corrected chi connectivity index (χ2v) is 3.42. The average molecular weight is 205 g/mol. The number of rotatable bonds is 4. The monoisotopic (exact) mass is 205 g/mol. The van der Waals surface area contributed by atoms with Crippen molar-refractivity contribution in [3.8, 4) is 6.07 Å². The van der Waals surface area contributed by atoms with E-state index in [1.165, 1.54) is 6.33 Å². The van der Waals surface area contributed by atoms with Gasteiger partial charge < -0.3 is 10.2 Å². The zero-order valence-electron chi connectivity index (χ0n) is 9.23. The summed E-state index contributed by atoms with van der Waals surface area (Å²) in [5, 5.41) is 11.7. The summed E-state index contributed by atoms with van der Waals surface area (Å²) in [6.45, 7) is 2.55. The largest absolute Gasteiger partial charge is 0.373 e. The molecule has 0 aliphatic rings. The zero-order chi connectivity index (χ0) is 11.3. The third kappa shape index (κ3) is 3.09. The predicted molar refractivity (Wildman–Crippen MR) is 59.6 cm³/mol. The lowest BCUT2D eigenvalue weighted by atomic mass is 10.2. The van der Waals surface area contributed by atoms with Gasteiger partial charge in [-0.1, -0.05) is 0 Å². The van der Waals surface area contributed by atoms with Gasteiger partial charge in [0, 0.05) is 26.7 Å². The molecule has 0 spiro atoms. The summed E-state index contributed by atoms with van der Waals surface area (Å²) in [7, 11) is 3.72. The van der Waals surface area contributed by atoms with E-state index in [9.17, 15) is 0 Å². The summed E-state index contributed by atoms with van der Waals surface area (Å²) in [5.41, 5.74) is 0. The van der Waals surface area contributed by atoms with Gasteiger partial charge >= 0.3 is 0 Å². The van der Waals surface area contributed by atoms with Crippen LogP contribution in [0.2, 0.25) is 0 Å².